The zero-order chi connectivity index (χ0) is 6.81. The molecule has 2 rings (SSSR count). The van der Waals surface area contributed by atoms with E-state index in [4.69, 9.17) is 0 Å². The molecule has 0 fully saturated rings. The molecule has 0 bridgehead atoms. The molecule has 0 aliphatic heterocycles. The van der Waals surface area contributed by atoms with E-state index in [0.29, 0.717) is 11.2 Å². The first-order chi connectivity index (χ1) is 4.97. The highest BCUT2D eigenvalue weighted by Crippen LogP contribution is 1.97. The maximum atomic E-state index is 3.88. The molecule has 4 nitrogen and oxygen atoms in total. The molecule has 0 saturated heterocycles. The lowest BCUT2D eigenvalue weighted by Crippen LogP contribution is -1.86. The first-order valence-corrected chi connectivity index (χ1v) is 2.69. The standard InChI is InChI=1S/C6H2N4/c1-2-9-6-5(8-1)3-7-4-10-6/h2-3H. The van der Waals surface area contributed by atoms with Crippen molar-refractivity contribution in [3.05, 3.63) is 24.9 Å². The Bertz CT molecular complexity index is 281. The van der Waals surface area contributed by atoms with Crippen molar-refractivity contribution in [1.82, 2.24) is 19.9 Å². The second kappa shape index (κ2) is 1.98. The first-order valence-electron chi connectivity index (χ1n) is 2.69. The van der Waals surface area contributed by atoms with Crippen molar-refractivity contribution in [3.8, 4) is 0 Å². The van der Waals surface area contributed by atoms with Crippen LogP contribution < -0.4 is 0 Å². The molecule has 2 aromatic rings. The van der Waals surface area contributed by atoms with Crippen LogP contribution in [-0.4, -0.2) is 19.9 Å². The number of aromatic nitrogens is 4. The second-order valence-corrected chi connectivity index (χ2v) is 1.68. The van der Waals surface area contributed by atoms with Crippen LogP contribution in [0.2, 0.25) is 0 Å². The molecule has 0 saturated carbocycles. The summed E-state index contributed by atoms with van der Waals surface area (Å²) < 4.78 is 0. The van der Waals surface area contributed by atoms with Gasteiger partial charge in [0.2, 0.25) is 0 Å². The zero-order valence-corrected chi connectivity index (χ0v) is 4.94. The third-order valence-electron chi connectivity index (χ3n) is 1.06. The van der Waals surface area contributed by atoms with E-state index >= 15 is 0 Å². The van der Waals surface area contributed by atoms with Crippen LogP contribution >= 0.6 is 0 Å². The smallest absolute Gasteiger partial charge is 0.199 e. The van der Waals surface area contributed by atoms with Gasteiger partial charge in [-0.05, 0) is 0 Å². The number of rotatable bonds is 0. The summed E-state index contributed by atoms with van der Waals surface area (Å²) in [7, 11) is 0. The molecule has 10 heavy (non-hydrogen) atoms. The minimum absolute atomic E-state index is 0.550. The van der Waals surface area contributed by atoms with E-state index in [1.807, 2.05) is 0 Å². The lowest BCUT2D eigenvalue weighted by molar-refractivity contribution is 1.13. The number of nitrogens with zero attached hydrogens (tertiary/aromatic N) is 4. The van der Waals surface area contributed by atoms with Crippen molar-refractivity contribution in [3.63, 3.8) is 0 Å². The van der Waals surface area contributed by atoms with Crippen LogP contribution in [0, 0.1) is 12.5 Å². The summed E-state index contributed by atoms with van der Waals surface area (Å²) in [4.78, 5) is 15.1. The molecular formula is C6H2N4. The molecule has 2 radical (unpaired) electrons. The molecule has 0 N–H and O–H groups in total. The second-order valence-electron chi connectivity index (χ2n) is 1.68. The van der Waals surface area contributed by atoms with E-state index in [1.54, 1.807) is 6.20 Å². The summed E-state index contributed by atoms with van der Waals surface area (Å²) in [5.74, 6) is 0. The van der Waals surface area contributed by atoms with Crippen LogP contribution in [0.5, 0.6) is 0 Å². The lowest BCUT2D eigenvalue weighted by Gasteiger charge is -1.87. The van der Waals surface area contributed by atoms with E-state index in [1.165, 1.54) is 6.20 Å². The average Bonchev–Trinajstić information content (AvgIpc) is 2.05. The van der Waals surface area contributed by atoms with Crippen molar-refractivity contribution >= 4 is 11.2 Å². The molecule has 46 valence electrons. The molecule has 4 heteroatoms. The summed E-state index contributed by atoms with van der Waals surface area (Å²) >= 11 is 0. The van der Waals surface area contributed by atoms with E-state index in [0.717, 1.165) is 0 Å². The van der Waals surface area contributed by atoms with Crippen LogP contribution in [0.4, 0.5) is 0 Å². The Morgan fingerprint density at radius 3 is 3.20 bits per heavy atom. The Hall–Kier alpha value is -1.58. The van der Waals surface area contributed by atoms with E-state index in [9.17, 15) is 0 Å². The summed E-state index contributed by atoms with van der Waals surface area (Å²) in [5, 5.41) is 0. The summed E-state index contributed by atoms with van der Waals surface area (Å²) in [6.45, 7) is 0. The zero-order valence-electron chi connectivity index (χ0n) is 4.94. The van der Waals surface area contributed by atoms with Gasteiger partial charge in [-0.25, -0.2) is 19.9 Å². The van der Waals surface area contributed by atoms with Gasteiger partial charge in [-0.2, -0.15) is 0 Å². The highest BCUT2D eigenvalue weighted by molar-refractivity contribution is 5.66. The van der Waals surface area contributed by atoms with Gasteiger partial charge in [0.1, 0.15) is 11.7 Å². The molecule has 0 aliphatic carbocycles. The number of fused-ring (bicyclic) bond motifs is 1. The summed E-state index contributed by atoms with van der Waals surface area (Å²) in [6.07, 6.45) is 8.01. The number of hydrogen-bond donors (Lipinski definition) is 0. The third-order valence-corrected chi connectivity index (χ3v) is 1.06. The van der Waals surface area contributed by atoms with Gasteiger partial charge in [0.25, 0.3) is 0 Å². The van der Waals surface area contributed by atoms with Gasteiger partial charge >= 0.3 is 0 Å². The quantitative estimate of drug-likeness (QED) is 0.504. The minimum Gasteiger partial charge on any atom is -0.239 e. The maximum absolute atomic E-state index is 3.88. The maximum Gasteiger partial charge on any atom is 0.199 e. The van der Waals surface area contributed by atoms with Crippen LogP contribution in [0.25, 0.3) is 11.2 Å². The molecule has 0 unspecified atom stereocenters. The first kappa shape index (κ1) is 5.22. The van der Waals surface area contributed by atoms with Gasteiger partial charge in [-0.1, -0.05) is 0 Å². The Balaban J connectivity index is 2.89. The average molecular weight is 130 g/mol. The molecule has 0 aromatic carbocycles. The third kappa shape index (κ3) is 0.699. The van der Waals surface area contributed by atoms with Gasteiger partial charge in [0.05, 0.1) is 12.4 Å². The SMILES string of the molecule is [c]1cnc2n[c]ncc2n1. The van der Waals surface area contributed by atoms with Gasteiger partial charge < -0.3 is 0 Å². The molecule has 0 aliphatic rings. The van der Waals surface area contributed by atoms with Crippen molar-refractivity contribution in [2.24, 2.45) is 0 Å². The van der Waals surface area contributed by atoms with Crippen LogP contribution in [0.3, 0.4) is 0 Å². The molecule has 0 spiro atoms. The molecule has 0 amide bonds. The van der Waals surface area contributed by atoms with E-state index < -0.39 is 0 Å². The number of hydrogen-bond acceptors (Lipinski definition) is 4. The summed E-state index contributed by atoms with van der Waals surface area (Å²) in [6, 6.07) is 0. The Labute approximate surface area is 57.0 Å². The highest BCUT2D eigenvalue weighted by atomic mass is 14.9. The van der Waals surface area contributed by atoms with Crippen LogP contribution in [0.15, 0.2) is 12.4 Å². The Morgan fingerprint density at radius 2 is 2.30 bits per heavy atom. The lowest BCUT2D eigenvalue weighted by atomic mass is 10.5. The minimum atomic E-state index is 0.550. The Kier molecular flexibility index (Phi) is 1.04. The predicted octanol–water partition coefficient (Wildman–Crippen LogP) is 0.0202. The molecule has 0 atom stereocenters. The van der Waals surface area contributed by atoms with Gasteiger partial charge in [0, 0.05) is 0 Å². The normalized spacial score (nSPS) is 10.0. The largest absolute Gasteiger partial charge is 0.239 e. The van der Waals surface area contributed by atoms with E-state index in [2.05, 4.69) is 32.5 Å². The van der Waals surface area contributed by atoms with Crippen molar-refractivity contribution in [1.29, 1.82) is 0 Å². The predicted molar refractivity (Wildman–Crippen MR) is 32.8 cm³/mol. The molecule has 2 heterocycles. The fourth-order valence-corrected chi connectivity index (χ4v) is 0.644. The highest BCUT2D eigenvalue weighted by Gasteiger charge is 1.91. The fourth-order valence-electron chi connectivity index (χ4n) is 0.644. The topological polar surface area (TPSA) is 51.6 Å². The fraction of sp³-hybridized carbons (Fsp3) is 0. The summed E-state index contributed by atoms with van der Waals surface area (Å²) in [5.41, 5.74) is 1.19. The monoisotopic (exact) mass is 130 g/mol. The Morgan fingerprint density at radius 1 is 1.30 bits per heavy atom. The molecular weight excluding hydrogens is 128 g/mol. The van der Waals surface area contributed by atoms with E-state index in [-0.39, 0.29) is 0 Å². The van der Waals surface area contributed by atoms with Crippen molar-refractivity contribution in [2.75, 3.05) is 0 Å². The van der Waals surface area contributed by atoms with Crippen molar-refractivity contribution < 1.29 is 0 Å². The van der Waals surface area contributed by atoms with Gasteiger partial charge in [-0.3, -0.25) is 0 Å². The van der Waals surface area contributed by atoms with Crippen LogP contribution in [0.1, 0.15) is 0 Å². The van der Waals surface area contributed by atoms with Crippen LogP contribution in [-0.2, 0) is 0 Å². The van der Waals surface area contributed by atoms with Gasteiger partial charge in [-0.15, -0.1) is 0 Å². The van der Waals surface area contributed by atoms with Crippen molar-refractivity contribution in [2.45, 2.75) is 0 Å². The molecule has 2 aromatic heterocycles. The van der Waals surface area contributed by atoms with Gasteiger partial charge in [0.15, 0.2) is 12.0 Å².